The van der Waals surface area contributed by atoms with Gasteiger partial charge < -0.3 is 19.5 Å². The third-order valence-electron chi connectivity index (χ3n) is 5.67. The Morgan fingerprint density at radius 2 is 1.83 bits per heavy atom. The second-order valence-electron chi connectivity index (χ2n) is 7.67. The van der Waals surface area contributed by atoms with E-state index < -0.39 is 0 Å². The summed E-state index contributed by atoms with van der Waals surface area (Å²) in [5, 5.41) is 3.05. The molecule has 0 radical (unpaired) electrons. The molecule has 1 aliphatic carbocycles. The average Bonchev–Trinajstić information content (AvgIpc) is 3.63. The predicted octanol–water partition coefficient (Wildman–Crippen LogP) is 5.20. The highest BCUT2D eigenvalue weighted by molar-refractivity contribution is 5.95. The van der Waals surface area contributed by atoms with Gasteiger partial charge in [0.05, 0.1) is 19.8 Å². The minimum atomic E-state index is -0.326. The van der Waals surface area contributed by atoms with Crippen molar-refractivity contribution in [1.29, 1.82) is 0 Å². The third-order valence-corrected chi connectivity index (χ3v) is 5.67. The Kier molecular flexibility index (Phi) is 4.58. The van der Waals surface area contributed by atoms with E-state index in [0.717, 1.165) is 58.0 Å². The van der Waals surface area contributed by atoms with Crippen molar-refractivity contribution in [2.75, 3.05) is 19.5 Å². The minimum absolute atomic E-state index is 0.0857. The second-order valence-corrected chi connectivity index (χ2v) is 7.67. The molecule has 0 spiro atoms. The van der Waals surface area contributed by atoms with Crippen LogP contribution in [0.25, 0.3) is 11.1 Å². The Morgan fingerprint density at radius 1 is 1.00 bits per heavy atom. The molecule has 1 heterocycles. The zero-order chi connectivity index (χ0) is 20.7. The molecule has 1 N–H and O–H groups in total. The van der Waals surface area contributed by atoms with E-state index >= 15 is 0 Å². The van der Waals surface area contributed by atoms with Gasteiger partial charge in [-0.3, -0.25) is 4.79 Å². The van der Waals surface area contributed by atoms with Gasteiger partial charge in [-0.1, -0.05) is 24.3 Å². The van der Waals surface area contributed by atoms with Crippen molar-refractivity contribution < 1.29 is 19.0 Å². The standard InChI is InChI=1S/C25H23NO4/c1-28-18-6-3-5-16(13-18)24-20-14-17(26-25(27)15-9-10-15)11-12-19(20)23-21(29-2)7-4-8-22(23)30-24/h3-8,11-15,24H,9-10H2,1-2H3,(H,26,27). The molecular formula is C25H23NO4. The first-order chi connectivity index (χ1) is 14.7. The van der Waals surface area contributed by atoms with Crippen LogP contribution in [-0.4, -0.2) is 20.1 Å². The molecule has 3 aromatic carbocycles. The van der Waals surface area contributed by atoms with Crippen molar-refractivity contribution in [3.05, 3.63) is 71.8 Å². The first-order valence-electron chi connectivity index (χ1n) is 10.1. The predicted molar refractivity (Wildman–Crippen MR) is 115 cm³/mol. The normalized spacial score (nSPS) is 16.7. The van der Waals surface area contributed by atoms with Crippen molar-refractivity contribution in [2.45, 2.75) is 18.9 Å². The molecular weight excluding hydrogens is 378 g/mol. The Hall–Kier alpha value is -3.47. The Balaban J connectivity index is 1.64. The summed E-state index contributed by atoms with van der Waals surface area (Å²) in [6.07, 6.45) is 1.61. The first-order valence-corrected chi connectivity index (χ1v) is 10.1. The Morgan fingerprint density at radius 3 is 2.60 bits per heavy atom. The summed E-state index contributed by atoms with van der Waals surface area (Å²) < 4.78 is 17.5. The lowest BCUT2D eigenvalue weighted by molar-refractivity contribution is -0.117. The SMILES string of the molecule is COc1cccc(C2Oc3cccc(OC)c3-c3ccc(NC(=O)C4CC4)cc32)c1. The molecule has 152 valence electrons. The smallest absolute Gasteiger partial charge is 0.227 e. The third kappa shape index (κ3) is 3.26. The van der Waals surface area contributed by atoms with Crippen molar-refractivity contribution in [3.63, 3.8) is 0 Å². The van der Waals surface area contributed by atoms with E-state index in [-0.39, 0.29) is 17.9 Å². The molecule has 5 nitrogen and oxygen atoms in total. The molecule has 0 saturated heterocycles. The number of rotatable bonds is 5. The molecule has 1 aliphatic heterocycles. The summed E-state index contributed by atoms with van der Waals surface area (Å²) >= 11 is 0. The van der Waals surface area contributed by atoms with Crippen molar-refractivity contribution in [2.24, 2.45) is 5.92 Å². The van der Waals surface area contributed by atoms with Crippen LogP contribution in [0, 0.1) is 5.92 Å². The highest BCUT2D eigenvalue weighted by atomic mass is 16.5. The highest BCUT2D eigenvalue weighted by Crippen LogP contribution is 2.49. The van der Waals surface area contributed by atoms with Crippen LogP contribution in [0.1, 0.15) is 30.1 Å². The molecule has 3 aromatic rings. The Bertz CT molecular complexity index is 1120. The van der Waals surface area contributed by atoms with Gasteiger partial charge >= 0.3 is 0 Å². The summed E-state index contributed by atoms with van der Waals surface area (Å²) in [5.74, 6) is 2.53. The number of benzene rings is 3. The van der Waals surface area contributed by atoms with E-state index in [2.05, 4.69) is 5.32 Å². The molecule has 5 rings (SSSR count). The lowest BCUT2D eigenvalue weighted by Crippen LogP contribution is -2.18. The van der Waals surface area contributed by atoms with E-state index in [0.29, 0.717) is 0 Å². The summed E-state index contributed by atoms with van der Waals surface area (Å²) in [4.78, 5) is 12.3. The monoisotopic (exact) mass is 401 g/mol. The van der Waals surface area contributed by atoms with Crippen molar-refractivity contribution in [1.82, 2.24) is 0 Å². The number of nitrogens with one attached hydrogen (secondary N) is 1. The highest BCUT2D eigenvalue weighted by Gasteiger charge is 2.32. The lowest BCUT2D eigenvalue weighted by atomic mass is 9.88. The van der Waals surface area contributed by atoms with Gasteiger partial charge in [-0.05, 0) is 54.8 Å². The molecule has 0 aromatic heterocycles. The number of hydrogen-bond donors (Lipinski definition) is 1. The van der Waals surface area contributed by atoms with Gasteiger partial charge in [0.1, 0.15) is 23.4 Å². The fourth-order valence-electron chi connectivity index (χ4n) is 3.96. The van der Waals surface area contributed by atoms with Crippen LogP contribution in [-0.2, 0) is 4.79 Å². The van der Waals surface area contributed by atoms with E-state index in [1.54, 1.807) is 14.2 Å². The van der Waals surface area contributed by atoms with Crippen LogP contribution in [0.3, 0.4) is 0 Å². The second kappa shape index (κ2) is 7.41. The minimum Gasteiger partial charge on any atom is -0.497 e. The maximum absolute atomic E-state index is 12.3. The number of hydrogen-bond acceptors (Lipinski definition) is 4. The summed E-state index contributed by atoms with van der Waals surface area (Å²) in [7, 11) is 3.31. The quantitative estimate of drug-likeness (QED) is 0.638. The van der Waals surface area contributed by atoms with Crippen molar-refractivity contribution >= 4 is 11.6 Å². The van der Waals surface area contributed by atoms with E-state index in [1.807, 2.05) is 60.7 Å². The molecule has 30 heavy (non-hydrogen) atoms. The fourth-order valence-corrected chi connectivity index (χ4v) is 3.96. The van der Waals surface area contributed by atoms with Gasteiger partial charge in [0.25, 0.3) is 0 Å². The molecule has 1 amide bonds. The van der Waals surface area contributed by atoms with Gasteiger partial charge in [0.15, 0.2) is 0 Å². The van der Waals surface area contributed by atoms with Gasteiger partial charge in [-0.25, -0.2) is 0 Å². The van der Waals surface area contributed by atoms with Crippen LogP contribution >= 0.6 is 0 Å². The zero-order valence-corrected chi connectivity index (χ0v) is 17.0. The number of anilines is 1. The topological polar surface area (TPSA) is 56.8 Å². The fraction of sp³-hybridized carbons (Fsp3) is 0.240. The summed E-state index contributed by atoms with van der Waals surface area (Å²) in [6.45, 7) is 0. The number of ether oxygens (including phenoxy) is 3. The molecule has 1 saturated carbocycles. The van der Waals surface area contributed by atoms with Crippen molar-refractivity contribution in [3.8, 4) is 28.4 Å². The van der Waals surface area contributed by atoms with Crippen LogP contribution in [0.5, 0.6) is 17.2 Å². The Labute approximate surface area is 175 Å². The van der Waals surface area contributed by atoms with Gasteiger partial charge in [0, 0.05) is 22.7 Å². The number of methoxy groups -OCH3 is 2. The number of carbonyl (C=O) groups is 1. The largest absolute Gasteiger partial charge is 0.497 e. The van der Waals surface area contributed by atoms with E-state index in [4.69, 9.17) is 14.2 Å². The molecule has 0 bridgehead atoms. The first kappa shape index (κ1) is 18.6. The van der Waals surface area contributed by atoms with Gasteiger partial charge in [0.2, 0.25) is 5.91 Å². The number of carbonyl (C=O) groups excluding carboxylic acids is 1. The van der Waals surface area contributed by atoms with E-state index in [9.17, 15) is 4.79 Å². The zero-order valence-electron chi connectivity index (χ0n) is 17.0. The lowest BCUT2D eigenvalue weighted by Gasteiger charge is -2.30. The number of fused-ring (bicyclic) bond motifs is 3. The summed E-state index contributed by atoms with van der Waals surface area (Å²) in [5.41, 5.74) is 4.70. The summed E-state index contributed by atoms with van der Waals surface area (Å²) in [6, 6.07) is 19.7. The van der Waals surface area contributed by atoms with E-state index in [1.165, 1.54) is 0 Å². The van der Waals surface area contributed by atoms with Crippen LogP contribution < -0.4 is 19.5 Å². The molecule has 1 unspecified atom stereocenters. The molecule has 5 heteroatoms. The number of amides is 1. The maximum Gasteiger partial charge on any atom is 0.227 e. The average molecular weight is 401 g/mol. The van der Waals surface area contributed by atoms with Crippen LogP contribution in [0.4, 0.5) is 5.69 Å². The molecule has 2 aliphatic rings. The molecule has 1 fully saturated rings. The maximum atomic E-state index is 12.3. The molecule has 1 atom stereocenters. The van der Waals surface area contributed by atoms with Crippen LogP contribution in [0.15, 0.2) is 60.7 Å². The van der Waals surface area contributed by atoms with Gasteiger partial charge in [-0.2, -0.15) is 0 Å². The van der Waals surface area contributed by atoms with Crippen LogP contribution in [0.2, 0.25) is 0 Å². The van der Waals surface area contributed by atoms with Gasteiger partial charge in [-0.15, -0.1) is 0 Å².